The molecule has 112 valence electrons. The second-order valence-corrected chi connectivity index (χ2v) is 4.70. The fraction of sp³-hybridized carbons (Fsp3) is 0.312. The van der Waals surface area contributed by atoms with Crippen molar-refractivity contribution < 1.29 is 13.5 Å². The number of aromatic nitrogens is 1. The topological polar surface area (TPSA) is 34.1 Å². The van der Waals surface area contributed by atoms with Crippen molar-refractivity contribution in [3.63, 3.8) is 0 Å². The Kier molecular flexibility index (Phi) is 5.22. The lowest BCUT2D eigenvalue weighted by Crippen LogP contribution is -2.23. The first kappa shape index (κ1) is 15.4. The fourth-order valence-corrected chi connectivity index (χ4v) is 2.17. The van der Waals surface area contributed by atoms with Gasteiger partial charge in [-0.25, -0.2) is 13.8 Å². The average molecular weight is 292 g/mol. The van der Waals surface area contributed by atoms with Crippen molar-refractivity contribution in [2.75, 3.05) is 13.7 Å². The number of pyridine rings is 1. The van der Waals surface area contributed by atoms with Crippen LogP contribution in [0, 0.1) is 11.6 Å². The van der Waals surface area contributed by atoms with Crippen molar-refractivity contribution in [2.45, 2.75) is 19.4 Å². The van der Waals surface area contributed by atoms with Crippen LogP contribution in [0.2, 0.25) is 0 Å². The summed E-state index contributed by atoms with van der Waals surface area (Å²) < 4.78 is 31.4. The molecule has 0 spiro atoms. The Morgan fingerprint density at radius 3 is 2.57 bits per heavy atom. The molecule has 0 amide bonds. The normalized spacial score (nSPS) is 12.2. The van der Waals surface area contributed by atoms with Crippen LogP contribution in [0.25, 0.3) is 0 Å². The summed E-state index contributed by atoms with van der Waals surface area (Å²) in [5.74, 6) is -1.12. The number of nitrogens with one attached hydrogen (secondary N) is 1. The minimum atomic E-state index is -0.833. The Morgan fingerprint density at radius 1 is 1.19 bits per heavy atom. The number of benzene rings is 1. The Bertz CT molecular complexity index is 587. The van der Waals surface area contributed by atoms with Crippen LogP contribution in [0.5, 0.6) is 5.88 Å². The Balaban J connectivity index is 2.19. The Morgan fingerprint density at radius 2 is 2.00 bits per heavy atom. The second-order valence-electron chi connectivity index (χ2n) is 4.70. The van der Waals surface area contributed by atoms with E-state index in [2.05, 4.69) is 10.3 Å². The Hall–Kier alpha value is -2.01. The second kappa shape index (κ2) is 7.13. The van der Waals surface area contributed by atoms with E-state index in [0.29, 0.717) is 17.9 Å². The van der Waals surface area contributed by atoms with Crippen molar-refractivity contribution >= 4 is 0 Å². The summed E-state index contributed by atoms with van der Waals surface area (Å²) in [4.78, 5) is 4.15. The zero-order chi connectivity index (χ0) is 15.2. The van der Waals surface area contributed by atoms with E-state index in [1.165, 1.54) is 6.07 Å². The van der Waals surface area contributed by atoms with Crippen molar-refractivity contribution in [3.05, 3.63) is 59.3 Å². The number of likely N-dealkylation sites (N-methyl/N-ethyl adjacent to an activating group) is 1. The van der Waals surface area contributed by atoms with E-state index in [9.17, 15) is 8.78 Å². The highest BCUT2D eigenvalue weighted by molar-refractivity contribution is 5.25. The Labute approximate surface area is 123 Å². The van der Waals surface area contributed by atoms with Gasteiger partial charge in [0.05, 0.1) is 7.11 Å². The zero-order valence-corrected chi connectivity index (χ0v) is 12.1. The van der Waals surface area contributed by atoms with Crippen molar-refractivity contribution in [1.82, 2.24) is 10.3 Å². The number of ether oxygens (including phenoxy) is 1. The summed E-state index contributed by atoms with van der Waals surface area (Å²) in [6.45, 7) is 2.70. The van der Waals surface area contributed by atoms with Crippen molar-refractivity contribution in [2.24, 2.45) is 0 Å². The average Bonchev–Trinajstić information content (AvgIpc) is 2.50. The number of rotatable bonds is 6. The molecule has 1 aromatic carbocycles. The van der Waals surface area contributed by atoms with Gasteiger partial charge in [-0.3, -0.25) is 0 Å². The van der Waals surface area contributed by atoms with Crippen LogP contribution < -0.4 is 10.1 Å². The maximum Gasteiger partial charge on any atom is 0.212 e. The molecule has 0 fully saturated rings. The molecule has 0 aliphatic rings. The van der Waals surface area contributed by atoms with Crippen molar-refractivity contribution in [1.29, 1.82) is 0 Å². The summed E-state index contributed by atoms with van der Waals surface area (Å²) in [7, 11) is 1.56. The highest BCUT2D eigenvalue weighted by atomic mass is 19.2. The monoisotopic (exact) mass is 292 g/mol. The van der Waals surface area contributed by atoms with Gasteiger partial charge in [-0.1, -0.05) is 19.1 Å². The number of hydrogen-bond donors (Lipinski definition) is 1. The maximum absolute atomic E-state index is 13.4. The summed E-state index contributed by atoms with van der Waals surface area (Å²) in [6.07, 6.45) is 2.36. The first-order valence-corrected chi connectivity index (χ1v) is 6.81. The van der Waals surface area contributed by atoms with Crippen LogP contribution in [0.3, 0.4) is 0 Å². The number of nitrogens with zero attached hydrogens (tertiary/aromatic N) is 1. The highest BCUT2D eigenvalue weighted by Crippen LogP contribution is 2.21. The van der Waals surface area contributed by atoms with Crippen LogP contribution in [0.1, 0.15) is 24.1 Å². The molecule has 2 rings (SSSR count). The van der Waals surface area contributed by atoms with E-state index in [1.54, 1.807) is 25.4 Å². The van der Waals surface area contributed by atoms with Crippen LogP contribution in [-0.2, 0) is 6.42 Å². The lowest BCUT2D eigenvalue weighted by Gasteiger charge is -2.18. The summed E-state index contributed by atoms with van der Waals surface area (Å²) in [6, 6.07) is 7.59. The number of halogens is 2. The van der Waals surface area contributed by atoms with Gasteiger partial charge in [-0.15, -0.1) is 0 Å². The van der Waals surface area contributed by atoms with E-state index in [-0.39, 0.29) is 6.04 Å². The van der Waals surface area contributed by atoms with Gasteiger partial charge < -0.3 is 10.1 Å². The molecular formula is C16H18F2N2O. The molecule has 1 atom stereocenters. The standard InChI is InChI=1S/C16H18F2N2O/c1-3-19-15(12-5-6-13(17)14(18)9-12)8-11-4-7-16(21-2)20-10-11/h4-7,9-10,15,19H,3,8H2,1-2H3. The van der Waals surface area contributed by atoms with Crippen LogP contribution >= 0.6 is 0 Å². The predicted molar refractivity (Wildman–Crippen MR) is 77.3 cm³/mol. The molecule has 21 heavy (non-hydrogen) atoms. The van der Waals surface area contributed by atoms with Gasteiger partial charge in [0.15, 0.2) is 11.6 Å². The molecule has 0 radical (unpaired) electrons. The molecular weight excluding hydrogens is 274 g/mol. The van der Waals surface area contributed by atoms with Crippen LogP contribution in [-0.4, -0.2) is 18.6 Å². The molecule has 1 heterocycles. The molecule has 0 bridgehead atoms. The molecule has 0 aliphatic carbocycles. The lowest BCUT2D eigenvalue weighted by atomic mass is 9.99. The number of hydrogen-bond acceptors (Lipinski definition) is 3. The van der Waals surface area contributed by atoms with E-state index in [1.807, 2.05) is 13.0 Å². The summed E-state index contributed by atoms with van der Waals surface area (Å²) >= 11 is 0. The smallest absolute Gasteiger partial charge is 0.212 e. The third-order valence-electron chi connectivity index (χ3n) is 3.24. The van der Waals surface area contributed by atoms with E-state index < -0.39 is 11.6 Å². The molecule has 3 nitrogen and oxygen atoms in total. The number of methoxy groups -OCH3 is 1. The lowest BCUT2D eigenvalue weighted by molar-refractivity contribution is 0.397. The van der Waals surface area contributed by atoms with Crippen LogP contribution in [0.15, 0.2) is 36.5 Å². The van der Waals surface area contributed by atoms with Gasteiger partial charge in [0.1, 0.15) is 0 Å². The van der Waals surface area contributed by atoms with Gasteiger partial charge in [-0.2, -0.15) is 0 Å². The van der Waals surface area contributed by atoms with Gasteiger partial charge in [0.25, 0.3) is 0 Å². The van der Waals surface area contributed by atoms with E-state index >= 15 is 0 Å². The summed E-state index contributed by atoms with van der Waals surface area (Å²) in [5.41, 5.74) is 1.71. The van der Waals surface area contributed by atoms with Gasteiger partial charge in [0.2, 0.25) is 5.88 Å². The SMILES string of the molecule is CCNC(Cc1ccc(OC)nc1)c1ccc(F)c(F)c1. The van der Waals surface area contributed by atoms with E-state index in [0.717, 1.165) is 18.2 Å². The largest absolute Gasteiger partial charge is 0.481 e. The molecule has 1 N–H and O–H groups in total. The van der Waals surface area contributed by atoms with Crippen molar-refractivity contribution in [3.8, 4) is 5.88 Å². The van der Waals surface area contributed by atoms with Gasteiger partial charge in [-0.05, 0) is 36.2 Å². The minimum Gasteiger partial charge on any atom is -0.481 e. The highest BCUT2D eigenvalue weighted by Gasteiger charge is 2.14. The third kappa shape index (κ3) is 3.98. The summed E-state index contributed by atoms with van der Waals surface area (Å²) in [5, 5.41) is 3.27. The molecule has 0 saturated carbocycles. The van der Waals surface area contributed by atoms with Crippen LogP contribution in [0.4, 0.5) is 8.78 Å². The first-order chi connectivity index (χ1) is 10.1. The van der Waals surface area contributed by atoms with Gasteiger partial charge >= 0.3 is 0 Å². The first-order valence-electron chi connectivity index (χ1n) is 6.81. The molecule has 0 saturated heterocycles. The quantitative estimate of drug-likeness (QED) is 0.887. The maximum atomic E-state index is 13.4. The molecule has 0 aliphatic heterocycles. The van der Waals surface area contributed by atoms with Gasteiger partial charge in [0, 0.05) is 18.3 Å². The molecule has 1 unspecified atom stereocenters. The van der Waals surface area contributed by atoms with E-state index in [4.69, 9.17) is 4.74 Å². The zero-order valence-electron chi connectivity index (χ0n) is 12.1. The molecule has 2 aromatic rings. The minimum absolute atomic E-state index is 0.0969. The fourth-order valence-electron chi connectivity index (χ4n) is 2.17. The third-order valence-corrected chi connectivity index (χ3v) is 3.24. The predicted octanol–water partition coefficient (Wildman–Crippen LogP) is 3.26. The molecule has 5 heteroatoms. The molecule has 1 aromatic heterocycles.